The van der Waals surface area contributed by atoms with E-state index < -0.39 is 0 Å². The maximum Gasteiger partial charge on any atom is 0.211 e. The van der Waals surface area contributed by atoms with Gasteiger partial charge in [-0.3, -0.25) is 4.79 Å². The molecule has 0 aliphatic rings. The fourth-order valence-corrected chi connectivity index (χ4v) is 1.42. The molecular weight excluding hydrogens is 178 g/mol. The van der Waals surface area contributed by atoms with Gasteiger partial charge in [-0.05, 0) is 24.0 Å². The molecule has 3 nitrogen and oxygen atoms in total. The second-order valence-corrected chi connectivity index (χ2v) is 3.61. The quantitative estimate of drug-likeness (QED) is 0.572. The lowest BCUT2D eigenvalue weighted by Crippen LogP contribution is -1.99. The molecule has 0 unspecified atom stereocenters. The van der Waals surface area contributed by atoms with Crippen LogP contribution in [-0.4, -0.2) is 11.5 Å². The second-order valence-electron chi connectivity index (χ2n) is 3.61. The summed E-state index contributed by atoms with van der Waals surface area (Å²) >= 11 is 0. The summed E-state index contributed by atoms with van der Waals surface area (Å²) < 4.78 is 0. The number of rotatable bonds is 3. The van der Waals surface area contributed by atoms with E-state index in [4.69, 9.17) is 0 Å². The summed E-state index contributed by atoms with van der Waals surface area (Å²) in [7, 11) is 0. The number of hydrogen-bond donors (Lipinski definition) is 2. The van der Waals surface area contributed by atoms with Gasteiger partial charge >= 0.3 is 0 Å². The number of aryl methyl sites for hydroxylation is 1. The zero-order valence-corrected chi connectivity index (χ0v) is 8.66. The molecule has 0 atom stereocenters. The Balaban J connectivity index is 3.25. The molecule has 2 N–H and O–H groups in total. The van der Waals surface area contributed by atoms with Gasteiger partial charge in [-0.1, -0.05) is 26.0 Å². The van der Waals surface area contributed by atoms with E-state index in [0.717, 1.165) is 11.1 Å². The number of hydrogen-bond acceptors (Lipinski definition) is 2. The van der Waals surface area contributed by atoms with E-state index in [1.807, 2.05) is 32.9 Å². The predicted molar refractivity (Wildman–Crippen MR) is 56.6 cm³/mol. The van der Waals surface area contributed by atoms with Crippen molar-refractivity contribution >= 4 is 12.1 Å². The second kappa shape index (κ2) is 4.13. The first-order valence-electron chi connectivity index (χ1n) is 4.60. The molecule has 0 aliphatic heterocycles. The molecule has 0 aromatic heterocycles. The molecule has 0 heterocycles. The molecule has 1 amide bonds. The number of carbonyl (C=O) groups is 1. The highest BCUT2D eigenvalue weighted by atomic mass is 16.3. The van der Waals surface area contributed by atoms with Crippen molar-refractivity contribution in [1.29, 1.82) is 0 Å². The molecule has 0 saturated carbocycles. The Morgan fingerprint density at radius 2 is 2.07 bits per heavy atom. The standard InChI is InChI=1S/C11H15NO2/c1-7(2)9-5-4-8(3)10(11(9)14)12-6-13/h4-7,14H,1-3H3,(H,12,13). The lowest BCUT2D eigenvalue weighted by Gasteiger charge is -2.13. The van der Waals surface area contributed by atoms with Gasteiger partial charge in [0.25, 0.3) is 0 Å². The summed E-state index contributed by atoms with van der Waals surface area (Å²) in [5.74, 6) is 0.412. The van der Waals surface area contributed by atoms with Crippen molar-refractivity contribution in [2.45, 2.75) is 26.7 Å². The topological polar surface area (TPSA) is 49.3 Å². The largest absolute Gasteiger partial charge is 0.505 e. The Morgan fingerprint density at radius 3 is 2.57 bits per heavy atom. The molecular formula is C11H15NO2. The Morgan fingerprint density at radius 1 is 1.43 bits per heavy atom. The first-order valence-corrected chi connectivity index (χ1v) is 4.60. The van der Waals surface area contributed by atoms with Crippen molar-refractivity contribution in [3.63, 3.8) is 0 Å². The zero-order chi connectivity index (χ0) is 10.7. The fraction of sp³-hybridized carbons (Fsp3) is 0.364. The van der Waals surface area contributed by atoms with Gasteiger partial charge in [-0.2, -0.15) is 0 Å². The van der Waals surface area contributed by atoms with Gasteiger partial charge < -0.3 is 10.4 Å². The summed E-state index contributed by atoms with van der Waals surface area (Å²) in [6.07, 6.45) is 0.576. The van der Waals surface area contributed by atoms with Gasteiger partial charge in [0, 0.05) is 0 Å². The van der Waals surface area contributed by atoms with Crippen LogP contribution in [0.4, 0.5) is 5.69 Å². The molecule has 0 radical (unpaired) electrons. The minimum atomic E-state index is 0.173. The number of nitrogens with one attached hydrogen (secondary N) is 1. The van der Waals surface area contributed by atoms with Crippen molar-refractivity contribution in [3.05, 3.63) is 23.3 Å². The van der Waals surface area contributed by atoms with Gasteiger partial charge in [0.1, 0.15) is 5.75 Å². The van der Waals surface area contributed by atoms with Gasteiger partial charge in [0.05, 0.1) is 5.69 Å². The number of aromatic hydroxyl groups is 1. The Kier molecular flexibility index (Phi) is 3.12. The molecule has 0 bridgehead atoms. The molecule has 0 aliphatic carbocycles. The smallest absolute Gasteiger partial charge is 0.211 e. The number of benzene rings is 1. The molecule has 1 aromatic rings. The molecule has 3 heteroatoms. The third-order valence-electron chi connectivity index (χ3n) is 2.24. The van der Waals surface area contributed by atoms with Crippen LogP contribution >= 0.6 is 0 Å². The first-order chi connectivity index (χ1) is 6.57. The maximum atomic E-state index is 10.3. The average molecular weight is 193 g/mol. The molecule has 0 fully saturated rings. The Hall–Kier alpha value is -1.51. The third kappa shape index (κ3) is 1.87. The van der Waals surface area contributed by atoms with Crippen LogP contribution in [0.5, 0.6) is 5.75 Å². The molecule has 76 valence electrons. The number of phenols is 1. The van der Waals surface area contributed by atoms with Crippen LogP contribution in [0.2, 0.25) is 0 Å². The SMILES string of the molecule is Cc1ccc(C(C)C)c(O)c1NC=O. The van der Waals surface area contributed by atoms with E-state index in [9.17, 15) is 9.90 Å². The highest BCUT2D eigenvalue weighted by Crippen LogP contribution is 2.34. The predicted octanol–water partition coefficient (Wildman–Crippen LogP) is 2.39. The van der Waals surface area contributed by atoms with E-state index in [1.54, 1.807) is 0 Å². The lowest BCUT2D eigenvalue weighted by atomic mass is 9.99. The van der Waals surface area contributed by atoms with E-state index in [1.165, 1.54) is 0 Å². The van der Waals surface area contributed by atoms with Crippen molar-refractivity contribution < 1.29 is 9.90 Å². The Labute approximate surface area is 83.8 Å². The van der Waals surface area contributed by atoms with Gasteiger partial charge in [0.15, 0.2) is 0 Å². The number of anilines is 1. The Bertz CT molecular complexity index is 345. The minimum absolute atomic E-state index is 0.173. The van der Waals surface area contributed by atoms with Crippen LogP contribution in [0.3, 0.4) is 0 Å². The number of carbonyl (C=O) groups excluding carboxylic acids is 1. The normalized spacial score (nSPS) is 10.3. The molecule has 1 rings (SSSR count). The van der Waals surface area contributed by atoms with E-state index in [0.29, 0.717) is 12.1 Å². The summed E-state index contributed by atoms with van der Waals surface area (Å²) in [5.41, 5.74) is 2.21. The molecule has 0 saturated heterocycles. The van der Waals surface area contributed by atoms with E-state index in [-0.39, 0.29) is 11.7 Å². The van der Waals surface area contributed by atoms with Crippen LogP contribution in [0.1, 0.15) is 30.9 Å². The highest BCUT2D eigenvalue weighted by Gasteiger charge is 2.11. The van der Waals surface area contributed by atoms with Crippen LogP contribution in [0, 0.1) is 6.92 Å². The molecule has 14 heavy (non-hydrogen) atoms. The van der Waals surface area contributed by atoms with Crippen molar-refractivity contribution in [1.82, 2.24) is 0 Å². The monoisotopic (exact) mass is 193 g/mol. The lowest BCUT2D eigenvalue weighted by molar-refractivity contribution is -0.105. The zero-order valence-electron chi connectivity index (χ0n) is 8.66. The molecule has 1 aromatic carbocycles. The molecule has 0 spiro atoms. The van der Waals surface area contributed by atoms with Crippen LogP contribution in [0.15, 0.2) is 12.1 Å². The van der Waals surface area contributed by atoms with Crippen molar-refractivity contribution in [2.75, 3.05) is 5.32 Å². The number of phenolic OH excluding ortho intramolecular Hbond substituents is 1. The van der Waals surface area contributed by atoms with Gasteiger partial charge in [-0.25, -0.2) is 0 Å². The van der Waals surface area contributed by atoms with Crippen LogP contribution in [-0.2, 0) is 4.79 Å². The van der Waals surface area contributed by atoms with Gasteiger partial charge in [-0.15, -0.1) is 0 Å². The van der Waals surface area contributed by atoms with Crippen LogP contribution < -0.4 is 5.32 Å². The van der Waals surface area contributed by atoms with Crippen LogP contribution in [0.25, 0.3) is 0 Å². The van der Waals surface area contributed by atoms with Gasteiger partial charge in [0.2, 0.25) is 6.41 Å². The van der Waals surface area contributed by atoms with E-state index in [2.05, 4.69) is 5.32 Å². The van der Waals surface area contributed by atoms with Crippen molar-refractivity contribution in [3.8, 4) is 5.75 Å². The maximum absolute atomic E-state index is 10.3. The minimum Gasteiger partial charge on any atom is -0.505 e. The summed E-state index contributed by atoms with van der Waals surface area (Å²) in [4.78, 5) is 10.3. The first kappa shape index (κ1) is 10.6. The number of amides is 1. The average Bonchev–Trinajstić information content (AvgIpc) is 2.11. The third-order valence-corrected chi connectivity index (χ3v) is 2.24. The summed E-state index contributed by atoms with van der Waals surface area (Å²) in [6, 6.07) is 3.77. The fourth-order valence-electron chi connectivity index (χ4n) is 1.42. The summed E-state index contributed by atoms with van der Waals surface area (Å²) in [6.45, 7) is 5.83. The van der Waals surface area contributed by atoms with E-state index >= 15 is 0 Å². The summed E-state index contributed by atoms with van der Waals surface area (Å²) in [5, 5.41) is 12.4. The highest BCUT2D eigenvalue weighted by molar-refractivity contribution is 5.78. The van der Waals surface area contributed by atoms with Crippen molar-refractivity contribution in [2.24, 2.45) is 0 Å².